The van der Waals surface area contributed by atoms with Crippen LogP contribution >= 0.6 is 23.1 Å². The third-order valence-electron chi connectivity index (χ3n) is 4.46. The molecule has 0 unspecified atom stereocenters. The van der Waals surface area contributed by atoms with Gasteiger partial charge in [-0.05, 0) is 37.4 Å². The normalized spacial score (nSPS) is 19.9. The standard InChI is InChI=1S/C15H23N3OS2/c1-15(6-3-7-15)8-17-14-12(20-2)10(16)11(21-14)13(19)18-9-4-5-9/h9,17H,3-8,16H2,1-2H3,(H,18,19). The smallest absolute Gasteiger partial charge is 0.263 e. The molecule has 0 spiro atoms. The number of hydrogen-bond donors (Lipinski definition) is 3. The van der Waals surface area contributed by atoms with Crippen molar-refractivity contribution in [3.8, 4) is 0 Å². The third-order valence-corrected chi connectivity index (χ3v) is 6.58. The fourth-order valence-corrected chi connectivity index (χ4v) is 4.58. The second-order valence-electron chi connectivity index (χ2n) is 6.47. The van der Waals surface area contributed by atoms with Gasteiger partial charge in [-0.1, -0.05) is 13.3 Å². The summed E-state index contributed by atoms with van der Waals surface area (Å²) in [5.74, 6) is -0.0156. The van der Waals surface area contributed by atoms with E-state index in [9.17, 15) is 4.79 Å². The van der Waals surface area contributed by atoms with Crippen molar-refractivity contribution in [1.82, 2.24) is 5.32 Å². The maximum atomic E-state index is 12.2. The van der Waals surface area contributed by atoms with Crippen molar-refractivity contribution in [1.29, 1.82) is 0 Å². The molecule has 116 valence electrons. The van der Waals surface area contributed by atoms with Crippen molar-refractivity contribution in [3.05, 3.63) is 4.88 Å². The monoisotopic (exact) mass is 325 g/mol. The predicted octanol–water partition coefficient (Wildman–Crippen LogP) is 3.55. The lowest BCUT2D eigenvalue weighted by molar-refractivity contribution is 0.0956. The molecule has 2 aliphatic rings. The van der Waals surface area contributed by atoms with Crippen LogP contribution in [0.1, 0.15) is 48.7 Å². The predicted molar refractivity (Wildman–Crippen MR) is 91.4 cm³/mol. The van der Waals surface area contributed by atoms with Crippen molar-refractivity contribution >= 4 is 39.7 Å². The van der Waals surface area contributed by atoms with Crippen LogP contribution in [0.5, 0.6) is 0 Å². The Labute approximate surface area is 134 Å². The highest BCUT2D eigenvalue weighted by molar-refractivity contribution is 7.99. The number of nitrogens with two attached hydrogens (primary N) is 1. The summed E-state index contributed by atoms with van der Waals surface area (Å²) in [6, 6.07) is 0.363. The van der Waals surface area contributed by atoms with Crippen LogP contribution < -0.4 is 16.4 Å². The van der Waals surface area contributed by atoms with E-state index in [1.807, 2.05) is 6.26 Å². The van der Waals surface area contributed by atoms with Gasteiger partial charge in [0, 0.05) is 12.6 Å². The molecular weight excluding hydrogens is 302 g/mol. The minimum Gasteiger partial charge on any atom is -0.396 e. The van der Waals surface area contributed by atoms with Crippen molar-refractivity contribution < 1.29 is 4.79 Å². The van der Waals surface area contributed by atoms with Gasteiger partial charge in [0.05, 0.1) is 10.6 Å². The maximum Gasteiger partial charge on any atom is 0.263 e. The van der Waals surface area contributed by atoms with Gasteiger partial charge in [-0.15, -0.1) is 23.1 Å². The summed E-state index contributed by atoms with van der Waals surface area (Å²) in [6.45, 7) is 3.28. The minimum atomic E-state index is -0.0156. The second-order valence-corrected chi connectivity index (χ2v) is 8.31. The average molecular weight is 326 g/mol. The van der Waals surface area contributed by atoms with E-state index in [1.54, 1.807) is 11.8 Å². The molecule has 2 saturated carbocycles. The number of thiophene rings is 1. The van der Waals surface area contributed by atoms with Crippen LogP contribution in [0.25, 0.3) is 0 Å². The van der Waals surface area contributed by atoms with E-state index in [4.69, 9.17) is 5.73 Å². The molecule has 1 aromatic heterocycles. The molecule has 0 atom stereocenters. The highest BCUT2D eigenvalue weighted by atomic mass is 32.2. The highest BCUT2D eigenvalue weighted by Crippen LogP contribution is 2.44. The molecule has 0 bridgehead atoms. The Morgan fingerprint density at radius 3 is 2.71 bits per heavy atom. The van der Waals surface area contributed by atoms with Crippen molar-refractivity contribution in [2.45, 2.75) is 50.0 Å². The Balaban J connectivity index is 1.73. The zero-order chi connectivity index (χ0) is 15.0. The van der Waals surface area contributed by atoms with Gasteiger partial charge in [0.15, 0.2) is 0 Å². The summed E-state index contributed by atoms with van der Waals surface area (Å²) >= 11 is 3.11. The van der Waals surface area contributed by atoms with E-state index in [-0.39, 0.29) is 5.91 Å². The molecule has 0 radical (unpaired) electrons. The Morgan fingerprint density at radius 1 is 1.48 bits per heavy atom. The lowest BCUT2D eigenvalue weighted by Gasteiger charge is -2.38. The maximum absolute atomic E-state index is 12.2. The molecule has 1 amide bonds. The molecule has 6 heteroatoms. The first-order valence-electron chi connectivity index (χ1n) is 7.53. The van der Waals surface area contributed by atoms with E-state index in [0.29, 0.717) is 22.0 Å². The lowest BCUT2D eigenvalue weighted by Crippen LogP contribution is -2.33. The second kappa shape index (κ2) is 5.72. The first kappa shape index (κ1) is 15.0. The van der Waals surface area contributed by atoms with Crippen LogP contribution in [0.3, 0.4) is 0 Å². The van der Waals surface area contributed by atoms with Crippen molar-refractivity contribution in [2.75, 3.05) is 23.9 Å². The first-order valence-corrected chi connectivity index (χ1v) is 9.57. The van der Waals surface area contributed by atoms with Crippen LogP contribution in [0.15, 0.2) is 4.90 Å². The molecule has 1 aromatic rings. The van der Waals surface area contributed by atoms with E-state index in [1.165, 1.54) is 30.6 Å². The number of amides is 1. The number of nitrogen functional groups attached to an aromatic ring is 1. The van der Waals surface area contributed by atoms with Gasteiger partial charge in [-0.3, -0.25) is 4.79 Å². The summed E-state index contributed by atoms with van der Waals surface area (Å²) in [7, 11) is 0. The minimum absolute atomic E-state index is 0.0156. The summed E-state index contributed by atoms with van der Waals surface area (Å²) in [5.41, 5.74) is 7.23. The van der Waals surface area contributed by atoms with Crippen molar-refractivity contribution in [2.24, 2.45) is 5.41 Å². The molecule has 1 heterocycles. The zero-order valence-electron chi connectivity index (χ0n) is 12.6. The van der Waals surface area contributed by atoms with Crippen LogP contribution in [0.4, 0.5) is 10.7 Å². The summed E-state index contributed by atoms with van der Waals surface area (Å²) in [5, 5.41) is 7.60. The van der Waals surface area contributed by atoms with Gasteiger partial charge < -0.3 is 16.4 Å². The van der Waals surface area contributed by atoms with E-state index >= 15 is 0 Å². The van der Waals surface area contributed by atoms with E-state index in [2.05, 4.69) is 17.6 Å². The molecule has 3 rings (SSSR count). The van der Waals surface area contributed by atoms with Gasteiger partial charge >= 0.3 is 0 Å². The molecule has 0 saturated heterocycles. The van der Waals surface area contributed by atoms with Gasteiger partial charge in [0.25, 0.3) is 5.91 Å². The fourth-order valence-electron chi connectivity index (χ4n) is 2.65. The number of thioether (sulfide) groups is 1. The largest absolute Gasteiger partial charge is 0.396 e. The molecule has 4 N–H and O–H groups in total. The number of hydrogen-bond acceptors (Lipinski definition) is 5. The van der Waals surface area contributed by atoms with Crippen LogP contribution in [0.2, 0.25) is 0 Å². The Kier molecular flexibility index (Phi) is 4.10. The lowest BCUT2D eigenvalue weighted by atomic mass is 9.70. The van der Waals surface area contributed by atoms with Gasteiger partial charge in [0.1, 0.15) is 9.88 Å². The molecule has 2 fully saturated rings. The molecule has 2 aliphatic carbocycles. The number of nitrogens with one attached hydrogen (secondary N) is 2. The zero-order valence-corrected chi connectivity index (χ0v) is 14.3. The van der Waals surface area contributed by atoms with Crippen molar-refractivity contribution in [3.63, 3.8) is 0 Å². The topological polar surface area (TPSA) is 67.2 Å². The fraction of sp³-hybridized carbons (Fsp3) is 0.667. The Bertz CT molecular complexity index is 547. The molecule has 21 heavy (non-hydrogen) atoms. The third kappa shape index (κ3) is 3.16. The molecular formula is C15H23N3OS2. The van der Waals surface area contributed by atoms with Crippen LogP contribution in [-0.4, -0.2) is 24.7 Å². The number of carbonyl (C=O) groups excluding carboxylic acids is 1. The van der Waals surface area contributed by atoms with Gasteiger partial charge in [-0.25, -0.2) is 0 Å². The number of anilines is 2. The van der Waals surface area contributed by atoms with Gasteiger partial charge in [0.2, 0.25) is 0 Å². The molecule has 4 nitrogen and oxygen atoms in total. The Morgan fingerprint density at radius 2 is 2.19 bits per heavy atom. The summed E-state index contributed by atoms with van der Waals surface area (Å²) in [6.07, 6.45) is 8.09. The summed E-state index contributed by atoms with van der Waals surface area (Å²) < 4.78 is 0. The quantitative estimate of drug-likeness (QED) is 0.700. The summed E-state index contributed by atoms with van der Waals surface area (Å²) in [4.78, 5) is 13.9. The highest BCUT2D eigenvalue weighted by Gasteiger charge is 2.32. The van der Waals surface area contributed by atoms with Gasteiger partial charge in [-0.2, -0.15) is 0 Å². The van der Waals surface area contributed by atoms with E-state index < -0.39 is 0 Å². The average Bonchev–Trinajstić information content (AvgIpc) is 3.17. The Hall–Kier alpha value is -0.880. The molecule has 0 aliphatic heterocycles. The van der Waals surface area contributed by atoms with Crippen LogP contribution in [0, 0.1) is 5.41 Å². The SMILES string of the molecule is CSc1c(NCC2(C)CCC2)sc(C(=O)NC2CC2)c1N. The number of carbonyl (C=O) groups is 1. The van der Waals surface area contributed by atoms with E-state index in [0.717, 1.165) is 29.3 Å². The first-order chi connectivity index (χ1) is 10.0. The van der Waals surface area contributed by atoms with Crippen LogP contribution in [-0.2, 0) is 0 Å². The molecule has 0 aromatic carbocycles. The number of rotatable bonds is 6.